The Morgan fingerprint density at radius 1 is 1.37 bits per heavy atom. The highest BCUT2D eigenvalue weighted by Crippen LogP contribution is 2.25. The van der Waals surface area contributed by atoms with Crippen LogP contribution in [0.3, 0.4) is 0 Å². The van der Waals surface area contributed by atoms with Crippen molar-refractivity contribution in [1.29, 1.82) is 0 Å². The fourth-order valence-corrected chi connectivity index (χ4v) is 2.79. The van der Waals surface area contributed by atoms with Crippen molar-refractivity contribution in [1.82, 2.24) is 14.9 Å². The van der Waals surface area contributed by atoms with E-state index in [1.807, 2.05) is 0 Å². The van der Waals surface area contributed by atoms with Crippen LogP contribution in [0.5, 0.6) is 0 Å². The number of rotatable bonds is 6. The van der Waals surface area contributed by atoms with Crippen molar-refractivity contribution in [2.24, 2.45) is 11.8 Å². The molecular formula is C12H21BrN6. The van der Waals surface area contributed by atoms with E-state index in [9.17, 15) is 0 Å². The minimum Gasteiger partial charge on any atom is -0.369 e. The van der Waals surface area contributed by atoms with Crippen LogP contribution in [-0.2, 0) is 0 Å². The Morgan fingerprint density at radius 3 is 2.74 bits per heavy atom. The zero-order chi connectivity index (χ0) is 13.7. The summed E-state index contributed by atoms with van der Waals surface area (Å²) >= 11 is 3.44. The largest absolute Gasteiger partial charge is 0.369 e. The van der Waals surface area contributed by atoms with E-state index in [-0.39, 0.29) is 0 Å². The van der Waals surface area contributed by atoms with Gasteiger partial charge in [-0.1, -0.05) is 6.92 Å². The number of halogens is 1. The Bertz CT molecular complexity index is 407. The van der Waals surface area contributed by atoms with Crippen LogP contribution in [0, 0.1) is 5.92 Å². The molecular weight excluding hydrogens is 308 g/mol. The first-order valence-corrected chi connectivity index (χ1v) is 7.43. The molecule has 1 aliphatic rings. The van der Waals surface area contributed by atoms with E-state index in [0.29, 0.717) is 11.7 Å². The molecule has 7 heteroatoms. The molecule has 1 fully saturated rings. The molecule has 0 saturated carbocycles. The van der Waals surface area contributed by atoms with Crippen LogP contribution >= 0.6 is 15.9 Å². The number of nitrogens with two attached hydrogens (primary N) is 1. The zero-order valence-electron chi connectivity index (χ0n) is 11.2. The van der Waals surface area contributed by atoms with Crippen molar-refractivity contribution in [3.05, 3.63) is 10.8 Å². The van der Waals surface area contributed by atoms with Gasteiger partial charge in [-0.3, -0.25) is 0 Å². The molecule has 1 unspecified atom stereocenters. The summed E-state index contributed by atoms with van der Waals surface area (Å²) in [6.07, 6.45) is 4.17. The topological polar surface area (TPSA) is 79.1 Å². The molecule has 19 heavy (non-hydrogen) atoms. The molecule has 0 aliphatic carbocycles. The average molecular weight is 329 g/mol. The Balaban J connectivity index is 1.84. The van der Waals surface area contributed by atoms with Crippen molar-refractivity contribution in [3.8, 4) is 0 Å². The number of likely N-dealkylation sites (tertiary alicyclic amines) is 1. The number of hydrazine groups is 1. The Labute approximate surface area is 122 Å². The summed E-state index contributed by atoms with van der Waals surface area (Å²) in [5.41, 5.74) is 2.54. The van der Waals surface area contributed by atoms with Crippen LogP contribution in [0.2, 0.25) is 0 Å². The van der Waals surface area contributed by atoms with Gasteiger partial charge in [0.15, 0.2) is 5.82 Å². The maximum Gasteiger partial charge on any atom is 0.159 e. The van der Waals surface area contributed by atoms with Crippen LogP contribution in [0.15, 0.2) is 10.8 Å². The third kappa shape index (κ3) is 4.02. The molecule has 1 saturated heterocycles. The van der Waals surface area contributed by atoms with E-state index < -0.39 is 0 Å². The standard InChI is InChI=1S/C12H21BrN6/c1-9(7-19-4-2-3-5-19)6-15-11-10(13)12(18-14)17-8-16-11/h8-9H,2-7,14H2,1H3,(H2,15,16,17,18). The summed E-state index contributed by atoms with van der Waals surface area (Å²) in [4.78, 5) is 10.8. The summed E-state index contributed by atoms with van der Waals surface area (Å²) in [5.74, 6) is 7.32. The second-order valence-corrected chi connectivity index (χ2v) is 5.82. The molecule has 1 aliphatic heterocycles. The second kappa shape index (κ2) is 7.02. The number of nitrogens with one attached hydrogen (secondary N) is 2. The van der Waals surface area contributed by atoms with Crippen molar-refractivity contribution < 1.29 is 0 Å². The number of hydrogen-bond acceptors (Lipinski definition) is 6. The Morgan fingerprint density at radius 2 is 2.05 bits per heavy atom. The molecule has 1 atom stereocenters. The number of aromatic nitrogens is 2. The van der Waals surface area contributed by atoms with Gasteiger partial charge in [-0.25, -0.2) is 15.8 Å². The third-order valence-corrected chi connectivity index (χ3v) is 4.06. The molecule has 0 radical (unpaired) electrons. The second-order valence-electron chi connectivity index (χ2n) is 5.02. The van der Waals surface area contributed by atoms with Crippen LogP contribution in [-0.4, -0.2) is 41.0 Å². The number of anilines is 2. The van der Waals surface area contributed by atoms with Gasteiger partial charge in [0.2, 0.25) is 0 Å². The number of nitrogen functional groups attached to an aromatic ring is 1. The van der Waals surface area contributed by atoms with E-state index in [2.05, 4.69) is 48.5 Å². The lowest BCUT2D eigenvalue weighted by molar-refractivity contribution is 0.294. The Kier molecular flexibility index (Phi) is 5.35. The van der Waals surface area contributed by atoms with Gasteiger partial charge in [-0.05, 0) is 47.8 Å². The van der Waals surface area contributed by atoms with Gasteiger partial charge in [0.05, 0.1) is 0 Å². The summed E-state index contributed by atoms with van der Waals surface area (Å²) in [5, 5.41) is 3.34. The van der Waals surface area contributed by atoms with Crippen molar-refractivity contribution >= 4 is 27.6 Å². The number of nitrogens with zero attached hydrogens (tertiary/aromatic N) is 3. The molecule has 2 heterocycles. The summed E-state index contributed by atoms with van der Waals surface area (Å²) in [7, 11) is 0. The van der Waals surface area contributed by atoms with Crippen molar-refractivity contribution in [2.45, 2.75) is 19.8 Å². The molecule has 0 aromatic carbocycles. The van der Waals surface area contributed by atoms with Crippen LogP contribution in [0.25, 0.3) is 0 Å². The molecule has 6 nitrogen and oxygen atoms in total. The van der Waals surface area contributed by atoms with Crippen molar-refractivity contribution in [3.63, 3.8) is 0 Å². The highest BCUT2D eigenvalue weighted by atomic mass is 79.9. The molecule has 0 bridgehead atoms. The first-order valence-electron chi connectivity index (χ1n) is 6.64. The monoisotopic (exact) mass is 328 g/mol. The normalized spacial score (nSPS) is 17.4. The van der Waals surface area contributed by atoms with Gasteiger partial charge in [-0.15, -0.1) is 0 Å². The zero-order valence-corrected chi connectivity index (χ0v) is 12.8. The molecule has 4 N–H and O–H groups in total. The maximum atomic E-state index is 5.38. The fourth-order valence-electron chi connectivity index (χ4n) is 2.34. The lowest BCUT2D eigenvalue weighted by Gasteiger charge is -2.21. The molecule has 2 rings (SSSR count). The van der Waals surface area contributed by atoms with Gasteiger partial charge in [0.25, 0.3) is 0 Å². The first-order chi connectivity index (χ1) is 9.20. The van der Waals surface area contributed by atoms with Gasteiger partial charge in [0.1, 0.15) is 16.6 Å². The number of hydrogen-bond donors (Lipinski definition) is 3. The highest BCUT2D eigenvalue weighted by molar-refractivity contribution is 9.10. The predicted octanol–water partition coefficient (Wildman–Crippen LogP) is 1.67. The van der Waals surface area contributed by atoms with E-state index in [0.717, 1.165) is 23.4 Å². The molecule has 0 amide bonds. The summed E-state index contributed by atoms with van der Waals surface area (Å²) in [6, 6.07) is 0. The van der Waals surface area contributed by atoms with Gasteiger partial charge < -0.3 is 15.6 Å². The lowest BCUT2D eigenvalue weighted by atomic mass is 10.1. The Hall–Kier alpha value is -0.920. The highest BCUT2D eigenvalue weighted by Gasteiger charge is 2.15. The quantitative estimate of drug-likeness (QED) is 0.544. The smallest absolute Gasteiger partial charge is 0.159 e. The fraction of sp³-hybridized carbons (Fsp3) is 0.667. The predicted molar refractivity (Wildman–Crippen MR) is 80.9 cm³/mol. The minimum absolute atomic E-state index is 0.578. The average Bonchev–Trinajstić information content (AvgIpc) is 2.90. The SMILES string of the molecule is CC(CNc1ncnc(NN)c1Br)CN1CCCC1. The van der Waals surface area contributed by atoms with Gasteiger partial charge in [0, 0.05) is 13.1 Å². The maximum absolute atomic E-state index is 5.38. The third-order valence-electron chi connectivity index (χ3n) is 3.31. The van der Waals surface area contributed by atoms with Crippen LogP contribution in [0.1, 0.15) is 19.8 Å². The van der Waals surface area contributed by atoms with Gasteiger partial charge in [-0.2, -0.15) is 0 Å². The minimum atomic E-state index is 0.578. The molecule has 1 aromatic rings. The first kappa shape index (κ1) is 14.5. The van der Waals surface area contributed by atoms with E-state index in [1.54, 1.807) is 0 Å². The summed E-state index contributed by atoms with van der Waals surface area (Å²) in [6.45, 7) is 6.75. The van der Waals surface area contributed by atoms with E-state index in [4.69, 9.17) is 5.84 Å². The van der Waals surface area contributed by atoms with E-state index >= 15 is 0 Å². The van der Waals surface area contributed by atoms with Crippen molar-refractivity contribution in [2.75, 3.05) is 36.9 Å². The van der Waals surface area contributed by atoms with Crippen LogP contribution in [0.4, 0.5) is 11.6 Å². The summed E-state index contributed by atoms with van der Waals surface area (Å²) < 4.78 is 0.769. The van der Waals surface area contributed by atoms with Crippen LogP contribution < -0.4 is 16.6 Å². The van der Waals surface area contributed by atoms with E-state index in [1.165, 1.54) is 32.3 Å². The van der Waals surface area contributed by atoms with Gasteiger partial charge >= 0.3 is 0 Å². The molecule has 0 spiro atoms. The lowest BCUT2D eigenvalue weighted by Crippen LogP contribution is -2.29. The molecule has 106 valence electrons. The molecule has 1 aromatic heterocycles.